The second-order valence-corrected chi connectivity index (χ2v) is 3.11. The molecular formula is C8H16N2O. The Morgan fingerprint density at radius 2 is 2.00 bits per heavy atom. The normalized spacial score (nSPS) is 19.8. The van der Waals surface area contributed by atoms with Crippen molar-refractivity contribution >= 4 is 5.91 Å². The number of hydrogen-bond acceptors (Lipinski definition) is 2. The first-order valence-corrected chi connectivity index (χ1v) is 4.16. The summed E-state index contributed by atoms with van der Waals surface area (Å²) in [4.78, 5) is 12.8. The maximum atomic E-state index is 10.9. The summed E-state index contributed by atoms with van der Waals surface area (Å²) in [6, 6.07) is 0.466. The SMILES string of the molecule is CC(=O)N(C)C1CCNCC1. The van der Waals surface area contributed by atoms with E-state index < -0.39 is 0 Å². The van der Waals surface area contributed by atoms with E-state index in [1.807, 2.05) is 11.9 Å². The summed E-state index contributed by atoms with van der Waals surface area (Å²) in [5.41, 5.74) is 0. The van der Waals surface area contributed by atoms with Crippen LogP contribution in [0.2, 0.25) is 0 Å². The highest BCUT2D eigenvalue weighted by Crippen LogP contribution is 2.09. The fourth-order valence-corrected chi connectivity index (χ4v) is 1.45. The van der Waals surface area contributed by atoms with Crippen LogP contribution < -0.4 is 5.32 Å². The number of hydrogen-bond donors (Lipinski definition) is 1. The molecule has 1 heterocycles. The molecular weight excluding hydrogens is 140 g/mol. The van der Waals surface area contributed by atoms with Gasteiger partial charge in [0.2, 0.25) is 5.91 Å². The van der Waals surface area contributed by atoms with Crippen LogP contribution >= 0.6 is 0 Å². The van der Waals surface area contributed by atoms with Gasteiger partial charge in [-0.05, 0) is 25.9 Å². The van der Waals surface area contributed by atoms with Crippen LogP contribution in [0.3, 0.4) is 0 Å². The molecule has 0 radical (unpaired) electrons. The van der Waals surface area contributed by atoms with Crippen molar-refractivity contribution in [3.63, 3.8) is 0 Å². The van der Waals surface area contributed by atoms with Crippen LogP contribution in [-0.2, 0) is 4.79 Å². The zero-order valence-electron chi connectivity index (χ0n) is 7.26. The van der Waals surface area contributed by atoms with Gasteiger partial charge in [0.15, 0.2) is 0 Å². The minimum atomic E-state index is 0.178. The molecule has 3 heteroatoms. The molecule has 1 amide bonds. The minimum absolute atomic E-state index is 0.178. The van der Waals surface area contributed by atoms with Crippen molar-refractivity contribution in [1.29, 1.82) is 0 Å². The number of carbonyl (C=O) groups excluding carboxylic acids is 1. The van der Waals surface area contributed by atoms with Gasteiger partial charge in [-0.3, -0.25) is 4.79 Å². The van der Waals surface area contributed by atoms with Crippen LogP contribution in [0.4, 0.5) is 0 Å². The van der Waals surface area contributed by atoms with E-state index in [4.69, 9.17) is 0 Å². The summed E-state index contributed by atoms with van der Waals surface area (Å²) in [5.74, 6) is 0.178. The van der Waals surface area contributed by atoms with E-state index in [0.29, 0.717) is 6.04 Å². The first-order chi connectivity index (χ1) is 5.22. The van der Waals surface area contributed by atoms with E-state index in [-0.39, 0.29) is 5.91 Å². The number of nitrogens with one attached hydrogen (secondary N) is 1. The Morgan fingerprint density at radius 3 is 2.45 bits per heavy atom. The molecule has 11 heavy (non-hydrogen) atoms. The zero-order chi connectivity index (χ0) is 8.27. The second kappa shape index (κ2) is 3.72. The maximum absolute atomic E-state index is 10.9. The van der Waals surface area contributed by atoms with E-state index in [1.54, 1.807) is 6.92 Å². The summed E-state index contributed by atoms with van der Waals surface area (Å²) in [6.45, 7) is 3.71. The van der Waals surface area contributed by atoms with Gasteiger partial charge < -0.3 is 10.2 Å². The monoisotopic (exact) mass is 156 g/mol. The van der Waals surface area contributed by atoms with Crippen molar-refractivity contribution in [1.82, 2.24) is 10.2 Å². The third kappa shape index (κ3) is 2.19. The topological polar surface area (TPSA) is 32.3 Å². The summed E-state index contributed by atoms with van der Waals surface area (Å²) in [7, 11) is 1.89. The van der Waals surface area contributed by atoms with Crippen molar-refractivity contribution in [2.75, 3.05) is 20.1 Å². The summed E-state index contributed by atoms with van der Waals surface area (Å²) < 4.78 is 0. The van der Waals surface area contributed by atoms with E-state index in [9.17, 15) is 4.79 Å². The number of piperidine rings is 1. The first kappa shape index (κ1) is 8.53. The zero-order valence-corrected chi connectivity index (χ0v) is 7.26. The highest BCUT2D eigenvalue weighted by atomic mass is 16.2. The molecule has 0 aromatic rings. The Balaban J connectivity index is 2.38. The number of carbonyl (C=O) groups is 1. The fourth-order valence-electron chi connectivity index (χ4n) is 1.45. The van der Waals surface area contributed by atoms with Crippen LogP contribution in [0.15, 0.2) is 0 Å². The second-order valence-electron chi connectivity index (χ2n) is 3.11. The molecule has 0 bridgehead atoms. The van der Waals surface area contributed by atoms with Crippen molar-refractivity contribution in [2.24, 2.45) is 0 Å². The quantitative estimate of drug-likeness (QED) is 0.589. The molecule has 0 aliphatic carbocycles. The van der Waals surface area contributed by atoms with E-state index in [1.165, 1.54) is 0 Å². The van der Waals surface area contributed by atoms with Gasteiger partial charge in [-0.25, -0.2) is 0 Å². The third-order valence-corrected chi connectivity index (χ3v) is 2.35. The minimum Gasteiger partial charge on any atom is -0.343 e. The van der Waals surface area contributed by atoms with Crippen LogP contribution in [0.1, 0.15) is 19.8 Å². The Labute approximate surface area is 67.8 Å². The van der Waals surface area contributed by atoms with Gasteiger partial charge in [-0.2, -0.15) is 0 Å². The average Bonchev–Trinajstić information content (AvgIpc) is 2.05. The van der Waals surface area contributed by atoms with Gasteiger partial charge in [-0.1, -0.05) is 0 Å². The molecule has 1 N–H and O–H groups in total. The van der Waals surface area contributed by atoms with Crippen molar-refractivity contribution in [3.05, 3.63) is 0 Å². The lowest BCUT2D eigenvalue weighted by Gasteiger charge is -2.30. The van der Waals surface area contributed by atoms with Gasteiger partial charge in [0.1, 0.15) is 0 Å². The number of rotatable bonds is 1. The van der Waals surface area contributed by atoms with Crippen molar-refractivity contribution < 1.29 is 4.79 Å². The van der Waals surface area contributed by atoms with Crippen LogP contribution in [-0.4, -0.2) is 37.0 Å². The Morgan fingerprint density at radius 1 is 1.45 bits per heavy atom. The molecule has 0 atom stereocenters. The third-order valence-electron chi connectivity index (χ3n) is 2.35. The summed E-state index contributed by atoms with van der Waals surface area (Å²) in [5, 5.41) is 3.27. The molecule has 64 valence electrons. The van der Waals surface area contributed by atoms with Gasteiger partial charge >= 0.3 is 0 Å². The number of nitrogens with zero attached hydrogens (tertiary/aromatic N) is 1. The smallest absolute Gasteiger partial charge is 0.219 e. The van der Waals surface area contributed by atoms with Gasteiger partial charge in [0.05, 0.1) is 0 Å². The molecule has 1 rings (SSSR count). The molecule has 0 unspecified atom stereocenters. The first-order valence-electron chi connectivity index (χ1n) is 4.16. The molecule has 1 aliphatic heterocycles. The lowest BCUT2D eigenvalue weighted by molar-refractivity contribution is -0.130. The van der Waals surface area contributed by atoms with Crippen LogP contribution in [0, 0.1) is 0 Å². The molecule has 0 saturated carbocycles. The van der Waals surface area contributed by atoms with E-state index >= 15 is 0 Å². The molecule has 1 saturated heterocycles. The summed E-state index contributed by atoms with van der Waals surface area (Å²) in [6.07, 6.45) is 2.19. The number of amides is 1. The predicted molar refractivity (Wildman–Crippen MR) is 44.3 cm³/mol. The molecule has 0 aromatic carbocycles. The van der Waals surface area contributed by atoms with Gasteiger partial charge in [0.25, 0.3) is 0 Å². The highest BCUT2D eigenvalue weighted by molar-refractivity contribution is 5.73. The van der Waals surface area contributed by atoms with E-state index in [0.717, 1.165) is 25.9 Å². The van der Waals surface area contributed by atoms with Crippen LogP contribution in [0.25, 0.3) is 0 Å². The highest BCUT2D eigenvalue weighted by Gasteiger charge is 2.18. The molecule has 0 spiro atoms. The molecule has 3 nitrogen and oxygen atoms in total. The van der Waals surface area contributed by atoms with Gasteiger partial charge in [0, 0.05) is 20.0 Å². The van der Waals surface area contributed by atoms with Crippen molar-refractivity contribution in [2.45, 2.75) is 25.8 Å². The van der Waals surface area contributed by atoms with Gasteiger partial charge in [-0.15, -0.1) is 0 Å². The lowest BCUT2D eigenvalue weighted by Crippen LogP contribution is -2.43. The molecule has 1 fully saturated rings. The van der Waals surface area contributed by atoms with Crippen molar-refractivity contribution in [3.8, 4) is 0 Å². The van der Waals surface area contributed by atoms with Crippen LogP contribution in [0.5, 0.6) is 0 Å². The molecule has 1 aliphatic rings. The molecule has 0 aromatic heterocycles. The Bertz CT molecular complexity index is 141. The standard InChI is InChI=1S/C8H16N2O/c1-7(11)10(2)8-3-5-9-6-4-8/h8-9H,3-6H2,1-2H3. The van der Waals surface area contributed by atoms with E-state index in [2.05, 4.69) is 5.32 Å². The maximum Gasteiger partial charge on any atom is 0.219 e. The average molecular weight is 156 g/mol. The predicted octanol–water partition coefficient (Wildman–Crippen LogP) is 0.217. The largest absolute Gasteiger partial charge is 0.343 e. The Kier molecular flexibility index (Phi) is 2.88. The fraction of sp³-hybridized carbons (Fsp3) is 0.875. The summed E-state index contributed by atoms with van der Waals surface area (Å²) >= 11 is 0. The Hall–Kier alpha value is -0.570. The lowest BCUT2D eigenvalue weighted by atomic mass is 10.1.